The Bertz CT molecular complexity index is 883. The molecule has 2 amide bonds. The predicted octanol–water partition coefficient (Wildman–Crippen LogP) is 1.77. The number of nitro benzene ring substituents is 1. The minimum absolute atomic E-state index is 0.0733. The maximum Gasteiger partial charge on any atom is 0.282 e. The van der Waals surface area contributed by atoms with Crippen molar-refractivity contribution in [2.24, 2.45) is 0 Å². The van der Waals surface area contributed by atoms with Gasteiger partial charge in [0.25, 0.3) is 17.5 Å². The van der Waals surface area contributed by atoms with Crippen LogP contribution in [0.3, 0.4) is 0 Å². The molecule has 9 heteroatoms. The fraction of sp³-hybridized carbons (Fsp3) is 0.176. The van der Waals surface area contributed by atoms with Crippen LogP contribution in [0.2, 0.25) is 0 Å². The number of benzene rings is 2. The number of carbonyl (C=O) groups is 2. The minimum atomic E-state index is -1.22. The predicted molar refractivity (Wildman–Crippen MR) is 86.4 cm³/mol. The fourth-order valence-electron chi connectivity index (χ4n) is 2.62. The molecule has 1 aliphatic rings. The quantitative estimate of drug-likeness (QED) is 0.478. The Morgan fingerprint density at radius 1 is 1.15 bits per heavy atom. The zero-order valence-corrected chi connectivity index (χ0v) is 13.3. The number of nitrogens with zero attached hydrogens (tertiary/aromatic N) is 2. The third-order valence-corrected chi connectivity index (χ3v) is 3.82. The van der Waals surface area contributed by atoms with E-state index in [4.69, 9.17) is 4.74 Å². The van der Waals surface area contributed by atoms with Crippen LogP contribution in [0.4, 0.5) is 10.1 Å². The van der Waals surface area contributed by atoms with Crippen molar-refractivity contribution < 1.29 is 28.7 Å². The van der Waals surface area contributed by atoms with Crippen molar-refractivity contribution in [2.75, 3.05) is 13.2 Å². The van der Waals surface area contributed by atoms with Gasteiger partial charge in [0.05, 0.1) is 17.0 Å². The monoisotopic (exact) mass is 360 g/mol. The molecule has 0 radical (unpaired) electrons. The van der Waals surface area contributed by atoms with Gasteiger partial charge in [0, 0.05) is 6.07 Å². The van der Waals surface area contributed by atoms with Crippen LogP contribution >= 0.6 is 0 Å². The summed E-state index contributed by atoms with van der Waals surface area (Å²) in [5.41, 5.74) is -0.814. The second-order valence-electron chi connectivity index (χ2n) is 5.60. The summed E-state index contributed by atoms with van der Waals surface area (Å²) in [6.07, 6.45) is -1.22. The smallest absolute Gasteiger partial charge is 0.282 e. The lowest BCUT2D eigenvalue weighted by Crippen LogP contribution is -2.39. The first-order valence-electron chi connectivity index (χ1n) is 7.58. The summed E-state index contributed by atoms with van der Waals surface area (Å²) in [4.78, 5) is 35.8. The highest BCUT2D eigenvalue weighted by Gasteiger charge is 2.41. The minimum Gasteiger partial charge on any atom is -0.491 e. The highest BCUT2D eigenvalue weighted by atomic mass is 19.1. The topological polar surface area (TPSA) is 110 Å². The molecule has 2 aromatic carbocycles. The first kappa shape index (κ1) is 17.5. The van der Waals surface area contributed by atoms with E-state index in [1.165, 1.54) is 36.4 Å². The van der Waals surface area contributed by atoms with Crippen molar-refractivity contribution in [2.45, 2.75) is 6.10 Å². The van der Waals surface area contributed by atoms with Gasteiger partial charge in [0.2, 0.25) is 0 Å². The van der Waals surface area contributed by atoms with Gasteiger partial charge in [-0.15, -0.1) is 0 Å². The molecule has 0 fully saturated rings. The van der Waals surface area contributed by atoms with E-state index in [0.717, 1.165) is 11.0 Å². The Kier molecular flexibility index (Phi) is 4.63. The van der Waals surface area contributed by atoms with Crippen LogP contribution in [-0.2, 0) is 0 Å². The number of imide groups is 1. The number of halogens is 1. The molecule has 0 saturated carbocycles. The molecule has 1 N–H and O–H groups in total. The molecule has 0 aliphatic carbocycles. The first-order chi connectivity index (χ1) is 12.4. The van der Waals surface area contributed by atoms with Gasteiger partial charge in [-0.2, -0.15) is 0 Å². The van der Waals surface area contributed by atoms with Gasteiger partial charge in [-0.25, -0.2) is 4.39 Å². The molecule has 8 nitrogen and oxygen atoms in total. The third kappa shape index (κ3) is 3.24. The van der Waals surface area contributed by atoms with Crippen molar-refractivity contribution in [3.8, 4) is 5.75 Å². The van der Waals surface area contributed by atoms with Crippen molar-refractivity contribution in [1.82, 2.24) is 4.90 Å². The van der Waals surface area contributed by atoms with Crippen LogP contribution in [0.15, 0.2) is 42.5 Å². The molecule has 0 spiro atoms. The maximum absolute atomic E-state index is 12.8. The van der Waals surface area contributed by atoms with Gasteiger partial charge in [-0.1, -0.05) is 6.07 Å². The van der Waals surface area contributed by atoms with Crippen LogP contribution in [0.1, 0.15) is 20.7 Å². The molecule has 0 bridgehead atoms. The number of nitro groups is 1. The Labute approximate surface area is 146 Å². The summed E-state index contributed by atoms with van der Waals surface area (Å²) >= 11 is 0. The van der Waals surface area contributed by atoms with Crippen molar-refractivity contribution in [3.05, 3.63) is 69.5 Å². The molecule has 2 aromatic rings. The lowest BCUT2D eigenvalue weighted by atomic mass is 10.1. The maximum atomic E-state index is 12.8. The average molecular weight is 360 g/mol. The second-order valence-corrected chi connectivity index (χ2v) is 5.60. The summed E-state index contributed by atoms with van der Waals surface area (Å²) in [6, 6.07) is 8.89. The molecular formula is C17H13FN2O6. The number of fused-ring (bicyclic) bond motifs is 1. The molecule has 1 unspecified atom stereocenters. The standard InChI is InChI=1S/C17H13FN2O6/c18-10-4-6-12(7-5-10)26-9-11(21)8-19-16(22)13-2-1-3-14(20(24)25)15(13)17(19)23/h1-7,11,21H,8-9H2. The molecule has 0 aromatic heterocycles. The number of hydrogen-bond donors (Lipinski definition) is 1. The van der Waals surface area contributed by atoms with Gasteiger partial charge in [-0.05, 0) is 30.3 Å². The van der Waals surface area contributed by atoms with Crippen molar-refractivity contribution in [1.29, 1.82) is 0 Å². The average Bonchev–Trinajstić information content (AvgIpc) is 2.86. The second kappa shape index (κ2) is 6.89. The lowest BCUT2D eigenvalue weighted by molar-refractivity contribution is -0.385. The zero-order chi connectivity index (χ0) is 18.8. The van der Waals surface area contributed by atoms with E-state index in [-0.39, 0.29) is 24.3 Å². The Morgan fingerprint density at radius 2 is 1.85 bits per heavy atom. The van der Waals surface area contributed by atoms with Crippen LogP contribution in [0.25, 0.3) is 0 Å². The molecule has 1 atom stereocenters. The molecule has 3 rings (SSSR count). The number of ether oxygens (including phenoxy) is 1. The van der Waals surface area contributed by atoms with E-state index in [1.807, 2.05) is 0 Å². The number of rotatable bonds is 6. The van der Waals surface area contributed by atoms with E-state index in [1.54, 1.807) is 0 Å². The van der Waals surface area contributed by atoms with Gasteiger partial charge < -0.3 is 9.84 Å². The van der Waals surface area contributed by atoms with E-state index in [9.17, 15) is 29.2 Å². The van der Waals surface area contributed by atoms with E-state index in [0.29, 0.717) is 5.75 Å². The lowest BCUT2D eigenvalue weighted by Gasteiger charge is -2.18. The summed E-state index contributed by atoms with van der Waals surface area (Å²) in [5, 5.41) is 21.1. The van der Waals surface area contributed by atoms with Gasteiger partial charge in [0.1, 0.15) is 29.8 Å². The summed E-state index contributed by atoms with van der Waals surface area (Å²) in [7, 11) is 0. The molecule has 1 aliphatic heterocycles. The Balaban J connectivity index is 1.69. The summed E-state index contributed by atoms with van der Waals surface area (Å²) in [5.74, 6) is -1.68. The highest BCUT2D eigenvalue weighted by Crippen LogP contribution is 2.30. The summed E-state index contributed by atoms with van der Waals surface area (Å²) in [6.45, 7) is -0.633. The number of amides is 2. The van der Waals surface area contributed by atoms with Crippen LogP contribution in [-0.4, -0.2) is 46.0 Å². The molecular weight excluding hydrogens is 347 g/mol. The Morgan fingerprint density at radius 3 is 2.50 bits per heavy atom. The number of β-amino-alcohol motifs (C(OH)–C–C–N with tert-alkyl or cyclic N) is 1. The number of carbonyl (C=O) groups excluding carboxylic acids is 2. The Hall–Kier alpha value is -3.33. The van der Waals surface area contributed by atoms with Crippen molar-refractivity contribution in [3.63, 3.8) is 0 Å². The third-order valence-electron chi connectivity index (χ3n) is 3.82. The summed E-state index contributed by atoms with van der Waals surface area (Å²) < 4.78 is 18.1. The van der Waals surface area contributed by atoms with E-state index >= 15 is 0 Å². The van der Waals surface area contributed by atoms with Crippen LogP contribution in [0.5, 0.6) is 5.75 Å². The SMILES string of the molecule is O=C1c2cccc([N+](=O)[O-])c2C(=O)N1CC(O)COc1ccc(F)cc1. The number of hydrogen-bond acceptors (Lipinski definition) is 6. The van der Waals surface area contributed by atoms with Crippen molar-refractivity contribution >= 4 is 17.5 Å². The van der Waals surface area contributed by atoms with E-state index < -0.39 is 34.3 Å². The van der Waals surface area contributed by atoms with Gasteiger partial charge in [-0.3, -0.25) is 24.6 Å². The molecule has 1 heterocycles. The highest BCUT2D eigenvalue weighted by molar-refractivity contribution is 6.23. The molecule has 26 heavy (non-hydrogen) atoms. The van der Waals surface area contributed by atoms with Gasteiger partial charge >= 0.3 is 0 Å². The first-order valence-corrected chi connectivity index (χ1v) is 7.58. The van der Waals surface area contributed by atoms with Crippen LogP contribution in [0, 0.1) is 15.9 Å². The molecule has 0 saturated heterocycles. The van der Waals surface area contributed by atoms with Gasteiger partial charge in [0.15, 0.2) is 0 Å². The van der Waals surface area contributed by atoms with E-state index in [2.05, 4.69) is 0 Å². The largest absolute Gasteiger partial charge is 0.491 e. The molecule has 134 valence electrons. The fourth-order valence-corrected chi connectivity index (χ4v) is 2.62. The van der Waals surface area contributed by atoms with Crippen LogP contribution < -0.4 is 4.74 Å². The normalized spacial score (nSPS) is 14.3. The zero-order valence-electron chi connectivity index (χ0n) is 13.3. The number of aliphatic hydroxyl groups is 1. The number of aliphatic hydroxyl groups excluding tert-OH is 1.